The van der Waals surface area contributed by atoms with Gasteiger partial charge in [0.05, 0.1) is 13.2 Å². The number of aromatic hydroxyl groups is 1. The summed E-state index contributed by atoms with van der Waals surface area (Å²) in [7, 11) is 1.63. The Hall–Kier alpha value is -4.06. The largest absolute Gasteiger partial charge is 0.507 e. The average Bonchev–Trinajstić information content (AvgIpc) is 3.36. The Labute approximate surface area is 192 Å². The number of carbonyl (C=O) groups is 1. The third kappa shape index (κ3) is 3.53. The maximum Gasteiger partial charge on any atom is 0.273 e. The van der Waals surface area contributed by atoms with Crippen LogP contribution in [0.25, 0.3) is 11.3 Å². The van der Waals surface area contributed by atoms with E-state index in [2.05, 4.69) is 10.2 Å². The molecule has 1 aromatic heterocycles. The highest BCUT2D eigenvalue weighted by molar-refractivity contribution is 6.00. The molecule has 1 aliphatic heterocycles. The number of nitrogens with one attached hydrogen (secondary N) is 1. The van der Waals surface area contributed by atoms with Crippen LogP contribution in [0.4, 0.5) is 0 Å². The summed E-state index contributed by atoms with van der Waals surface area (Å²) in [5.41, 5.74) is 6.16. The molecule has 4 aromatic rings. The molecule has 166 valence electrons. The molecule has 2 heterocycles. The van der Waals surface area contributed by atoms with Crippen molar-refractivity contribution < 1.29 is 14.6 Å². The maximum absolute atomic E-state index is 13.6. The highest BCUT2D eigenvalue weighted by atomic mass is 16.5. The number of rotatable bonds is 5. The lowest BCUT2D eigenvalue weighted by atomic mass is 9.94. The van der Waals surface area contributed by atoms with Crippen molar-refractivity contribution in [1.29, 1.82) is 0 Å². The minimum absolute atomic E-state index is 0.121. The van der Waals surface area contributed by atoms with Gasteiger partial charge >= 0.3 is 0 Å². The van der Waals surface area contributed by atoms with Crippen LogP contribution in [0.15, 0.2) is 66.7 Å². The Morgan fingerprint density at radius 3 is 2.61 bits per heavy atom. The SMILES string of the molecule is COc1cccc(C2c3c(-c4cc(C)cc(C)c4O)n[nH]c3C(=O)N2Cc2ccccc2)c1. The zero-order valence-electron chi connectivity index (χ0n) is 18.8. The number of hydrogen-bond donors (Lipinski definition) is 2. The average molecular weight is 440 g/mol. The summed E-state index contributed by atoms with van der Waals surface area (Å²) in [5.74, 6) is 0.768. The molecule has 0 radical (unpaired) electrons. The third-order valence-corrected chi connectivity index (χ3v) is 6.17. The van der Waals surface area contributed by atoms with Gasteiger partial charge in [-0.1, -0.05) is 48.5 Å². The van der Waals surface area contributed by atoms with E-state index in [4.69, 9.17) is 4.74 Å². The number of methoxy groups -OCH3 is 1. The Bertz CT molecular complexity index is 1340. The molecule has 0 spiro atoms. The van der Waals surface area contributed by atoms with Crippen LogP contribution >= 0.6 is 0 Å². The number of fused-ring (bicyclic) bond motifs is 1. The fourth-order valence-electron chi connectivity index (χ4n) is 4.64. The van der Waals surface area contributed by atoms with Crippen molar-refractivity contribution in [2.24, 2.45) is 0 Å². The van der Waals surface area contributed by atoms with E-state index in [1.807, 2.05) is 85.5 Å². The van der Waals surface area contributed by atoms with Gasteiger partial charge in [0.1, 0.15) is 22.9 Å². The number of amides is 1. The van der Waals surface area contributed by atoms with Gasteiger partial charge in [-0.05, 0) is 54.3 Å². The van der Waals surface area contributed by atoms with Crippen molar-refractivity contribution in [3.63, 3.8) is 0 Å². The number of hydrogen-bond acceptors (Lipinski definition) is 4. The van der Waals surface area contributed by atoms with Crippen LogP contribution in [0.3, 0.4) is 0 Å². The molecule has 0 aliphatic carbocycles. The number of ether oxygens (including phenoxy) is 1. The first-order valence-corrected chi connectivity index (χ1v) is 10.9. The van der Waals surface area contributed by atoms with Crippen LogP contribution in [0.5, 0.6) is 11.5 Å². The number of H-pyrrole nitrogens is 1. The fourth-order valence-corrected chi connectivity index (χ4v) is 4.64. The van der Waals surface area contributed by atoms with Gasteiger partial charge in [0, 0.05) is 17.7 Å². The molecular weight excluding hydrogens is 414 g/mol. The summed E-state index contributed by atoms with van der Waals surface area (Å²) in [6.45, 7) is 4.29. The third-order valence-electron chi connectivity index (χ3n) is 6.17. The van der Waals surface area contributed by atoms with Gasteiger partial charge in [-0.2, -0.15) is 5.10 Å². The minimum Gasteiger partial charge on any atom is -0.507 e. The molecule has 0 saturated heterocycles. The van der Waals surface area contributed by atoms with E-state index in [-0.39, 0.29) is 17.7 Å². The molecular formula is C27H25N3O3. The second-order valence-corrected chi connectivity index (χ2v) is 8.44. The van der Waals surface area contributed by atoms with E-state index in [1.54, 1.807) is 7.11 Å². The molecule has 1 amide bonds. The summed E-state index contributed by atoms with van der Waals surface area (Å²) < 4.78 is 5.46. The molecule has 1 unspecified atom stereocenters. The number of phenolic OH excluding ortho intramolecular Hbond substituents is 1. The molecule has 33 heavy (non-hydrogen) atoms. The van der Waals surface area contributed by atoms with Crippen molar-refractivity contribution in [3.8, 4) is 22.8 Å². The van der Waals surface area contributed by atoms with E-state index >= 15 is 0 Å². The quantitative estimate of drug-likeness (QED) is 0.451. The van der Waals surface area contributed by atoms with E-state index in [1.165, 1.54) is 0 Å². The van der Waals surface area contributed by atoms with E-state index in [0.29, 0.717) is 29.2 Å². The van der Waals surface area contributed by atoms with Crippen LogP contribution in [-0.4, -0.2) is 33.2 Å². The summed E-state index contributed by atoms with van der Waals surface area (Å²) in [4.78, 5) is 15.4. The number of benzene rings is 3. The predicted octanol–water partition coefficient (Wildman–Crippen LogP) is 5.15. The normalized spacial score (nSPS) is 15.1. The van der Waals surface area contributed by atoms with Gasteiger partial charge in [-0.3, -0.25) is 9.89 Å². The second-order valence-electron chi connectivity index (χ2n) is 8.44. The number of carbonyl (C=O) groups excluding carboxylic acids is 1. The van der Waals surface area contributed by atoms with Crippen molar-refractivity contribution >= 4 is 5.91 Å². The molecule has 5 rings (SSSR count). The summed E-state index contributed by atoms with van der Waals surface area (Å²) in [5, 5.41) is 18.3. The fraction of sp³-hybridized carbons (Fsp3) is 0.185. The standard InChI is InChI=1S/C27H25N3O3/c1-16-12-17(2)26(31)21(13-16)23-22-24(29-28-23)27(32)30(15-18-8-5-4-6-9-18)25(22)19-10-7-11-20(14-19)33-3/h4-14,25,31H,15H2,1-3H3,(H,28,29). The van der Waals surface area contributed by atoms with Gasteiger partial charge < -0.3 is 14.7 Å². The van der Waals surface area contributed by atoms with E-state index in [9.17, 15) is 9.90 Å². The maximum atomic E-state index is 13.6. The molecule has 0 fully saturated rings. The second kappa shape index (κ2) is 8.13. The van der Waals surface area contributed by atoms with Crippen molar-refractivity contribution in [3.05, 3.63) is 100 Å². The number of aryl methyl sites for hydroxylation is 2. The minimum atomic E-state index is -0.378. The molecule has 1 aliphatic rings. The number of aromatic nitrogens is 2. The Morgan fingerprint density at radius 1 is 1.06 bits per heavy atom. The lowest BCUT2D eigenvalue weighted by Crippen LogP contribution is -2.29. The Balaban J connectivity index is 1.70. The molecule has 1 atom stereocenters. The van der Waals surface area contributed by atoms with Crippen LogP contribution in [0.1, 0.15) is 44.3 Å². The Kier molecular flexibility index (Phi) is 5.13. The highest BCUT2D eigenvalue weighted by Crippen LogP contribution is 2.46. The molecule has 6 heteroatoms. The van der Waals surface area contributed by atoms with Crippen molar-refractivity contribution in [2.75, 3.05) is 7.11 Å². The summed E-state index contributed by atoms with van der Waals surface area (Å²) in [6.07, 6.45) is 0. The van der Waals surface area contributed by atoms with Crippen LogP contribution in [-0.2, 0) is 6.54 Å². The van der Waals surface area contributed by atoms with E-state index in [0.717, 1.165) is 27.8 Å². The zero-order valence-corrected chi connectivity index (χ0v) is 18.8. The van der Waals surface area contributed by atoms with Crippen LogP contribution in [0.2, 0.25) is 0 Å². The lowest BCUT2D eigenvalue weighted by molar-refractivity contribution is 0.0730. The first kappa shape index (κ1) is 20.8. The highest BCUT2D eigenvalue weighted by Gasteiger charge is 2.42. The molecule has 3 aromatic carbocycles. The zero-order chi connectivity index (χ0) is 23.1. The molecule has 6 nitrogen and oxygen atoms in total. The lowest BCUT2D eigenvalue weighted by Gasteiger charge is -2.27. The van der Waals surface area contributed by atoms with Gasteiger partial charge in [-0.15, -0.1) is 0 Å². The first-order valence-electron chi connectivity index (χ1n) is 10.9. The first-order chi connectivity index (χ1) is 16.0. The Morgan fingerprint density at radius 2 is 1.85 bits per heavy atom. The number of phenols is 1. The molecule has 2 N–H and O–H groups in total. The van der Waals surface area contributed by atoms with Gasteiger partial charge in [0.15, 0.2) is 0 Å². The van der Waals surface area contributed by atoms with Crippen LogP contribution in [0, 0.1) is 13.8 Å². The molecule has 0 saturated carbocycles. The van der Waals surface area contributed by atoms with Gasteiger partial charge in [0.2, 0.25) is 0 Å². The summed E-state index contributed by atoms with van der Waals surface area (Å²) >= 11 is 0. The number of nitrogens with zero attached hydrogens (tertiary/aromatic N) is 2. The van der Waals surface area contributed by atoms with E-state index < -0.39 is 0 Å². The van der Waals surface area contributed by atoms with Gasteiger partial charge in [-0.25, -0.2) is 0 Å². The summed E-state index contributed by atoms with van der Waals surface area (Å²) in [6, 6.07) is 21.1. The van der Waals surface area contributed by atoms with Crippen molar-refractivity contribution in [1.82, 2.24) is 15.1 Å². The predicted molar refractivity (Wildman–Crippen MR) is 126 cm³/mol. The van der Waals surface area contributed by atoms with Gasteiger partial charge in [0.25, 0.3) is 5.91 Å². The monoisotopic (exact) mass is 439 g/mol. The van der Waals surface area contributed by atoms with Crippen molar-refractivity contribution in [2.45, 2.75) is 26.4 Å². The molecule has 0 bridgehead atoms. The topological polar surface area (TPSA) is 78.5 Å². The number of aromatic amines is 1. The smallest absolute Gasteiger partial charge is 0.273 e. The van der Waals surface area contributed by atoms with Crippen LogP contribution < -0.4 is 4.74 Å².